The molecule has 1 saturated heterocycles. The lowest BCUT2D eigenvalue weighted by atomic mass is 10.1. The van der Waals surface area contributed by atoms with E-state index in [1.54, 1.807) is 17.0 Å². The predicted octanol–water partition coefficient (Wildman–Crippen LogP) is 1.98. The van der Waals surface area contributed by atoms with Crippen molar-refractivity contribution in [3.63, 3.8) is 0 Å². The molecule has 0 aliphatic carbocycles. The standard InChI is InChI=1S/C19H22N2O5/c22-19(17-5-2-10-24-17)21(7-6-20-8-11-23-12-9-20)13-15-3-1-4-16-18(15)26-14-25-16/h1-5,10H,6-9,11-14H2. The Balaban J connectivity index is 1.50. The van der Waals surface area contributed by atoms with Crippen LogP contribution in [0.15, 0.2) is 41.0 Å². The monoisotopic (exact) mass is 358 g/mol. The van der Waals surface area contributed by atoms with Gasteiger partial charge in [0.2, 0.25) is 6.79 Å². The Morgan fingerprint density at radius 2 is 2.00 bits per heavy atom. The number of hydrogen-bond donors (Lipinski definition) is 0. The number of amides is 1. The lowest BCUT2D eigenvalue weighted by Gasteiger charge is -2.30. The van der Waals surface area contributed by atoms with Gasteiger partial charge in [0, 0.05) is 38.3 Å². The van der Waals surface area contributed by atoms with E-state index in [0.29, 0.717) is 18.8 Å². The van der Waals surface area contributed by atoms with Gasteiger partial charge in [-0.05, 0) is 18.2 Å². The highest BCUT2D eigenvalue weighted by Gasteiger charge is 2.24. The molecule has 1 amide bonds. The van der Waals surface area contributed by atoms with Gasteiger partial charge in [-0.25, -0.2) is 0 Å². The lowest BCUT2D eigenvalue weighted by Crippen LogP contribution is -2.42. The number of carbonyl (C=O) groups excluding carboxylic acids is 1. The van der Waals surface area contributed by atoms with Gasteiger partial charge in [-0.3, -0.25) is 9.69 Å². The molecule has 0 atom stereocenters. The van der Waals surface area contributed by atoms with Crippen LogP contribution in [0.5, 0.6) is 11.5 Å². The summed E-state index contributed by atoms with van der Waals surface area (Å²) < 4.78 is 21.7. The number of ether oxygens (including phenoxy) is 3. The van der Waals surface area contributed by atoms with Gasteiger partial charge in [-0.2, -0.15) is 0 Å². The summed E-state index contributed by atoms with van der Waals surface area (Å²) in [5, 5.41) is 0. The van der Waals surface area contributed by atoms with E-state index in [2.05, 4.69) is 4.90 Å². The molecule has 0 spiro atoms. The average molecular weight is 358 g/mol. The van der Waals surface area contributed by atoms with Crippen LogP contribution >= 0.6 is 0 Å². The molecule has 138 valence electrons. The molecule has 4 rings (SSSR count). The Morgan fingerprint density at radius 3 is 2.81 bits per heavy atom. The summed E-state index contributed by atoms with van der Waals surface area (Å²) in [6.45, 7) is 5.31. The van der Waals surface area contributed by atoms with Gasteiger partial charge < -0.3 is 23.5 Å². The maximum atomic E-state index is 12.9. The van der Waals surface area contributed by atoms with Gasteiger partial charge in [0.1, 0.15) is 0 Å². The van der Waals surface area contributed by atoms with Crippen LogP contribution in [0.3, 0.4) is 0 Å². The first-order valence-corrected chi connectivity index (χ1v) is 8.81. The lowest BCUT2D eigenvalue weighted by molar-refractivity contribution is 0.0316. The maximum absolute atomic E-state index is 12.9. The first kappa shape index (κ1) is 16.9. The van der Waals surface area contributed by atoms with Gasteiger partial charge in [0.25, 0.3) is 5.91 Å². The van der Waals surface area contributed by atoms with E-state index in [-0.39, 0.29) is 12.7 Å². The Bertz CT molecular complexity index is 740. The molecule has 2 aromatic rings. The minimum atomic E-state index is -0.125. The second-order valence-corrected chi connectivity index (χ2v) is 6.31. The molecule has 2 aliphatic heterocycles. The van der Waals surface area contributed by atoms with Crippen LogP contribution in [-0.4, -0.2) is 61.9 Å². The molecule has 3 heterocycles. The SMILES string of the molecule is O=C(c1ccco1)N(CCN1CCOCC1)Cc1cccc2c1OCO2. The molecule has 1 fully saturated rings. The summed E-state index contributed by atoms with van der Waals surface area (Å²) in [7, 11) is 0. The Morgan fingerprint density at radius 1 is 1.12 bits per heavy atom. The molecular formula is C19H22N2O5. The van der Waals surface area contributed by atoms with Gasteiger partial charge in [0.05, 0.1) is 19.5 Å². The fourth-order valence-corrected chi connectivity index (χ4v) is 3.22. The summed E-state index contributed by atoms with van der Waals surface area (Å²) in [6.07, 6.45) is 1.52. The Hall–Kier alpha value is -2.51. The number of fused-ring (bicyclic) bond motifs is 1. The third-order valence-corrected chi connectivity index (χ3v) is 4.65. The van der Waals surface area contributed by atoms with Crippen molar-refractivity contribution in [3.8, 4) is 11.5 Å². The van der Waals surface area contributed by atoms with E-state index in [1.165, 1.54) is 6.26 Å². The molecule has 0 unspecified atom stereocenters. The van der Waals surface area contributed by atoms with E-state index < -0.39 is 0 Å². The molecule has 1 aromatic carbocycles. The van der Waals surface area contributed by atoms with Crippen LogP contribution in [0.1, 0.15) is 16.1 Å². The Kier molecular flexibility index (Phi) is 5.08. The number of hydrogen-bond acceptors (Lipinski definition) is 6. The highest BCUT2D eigenvalue weighted by atomic mass is 16.7. The molecule has 0 radical (unpaired) electrons. The van der Waals surface area contributed by atoms with Gasteiger partial charge in [0.15, 0.2) is 17.3 Å². The van der Waals surface area contributed by atoms with Crippen molar-refractivity contribution in [2.75, 3.05) is 46.2 Å². The number of morpholine rings is 1. The highest BCUT2D eigenvalue weighted by Crippen LogP contribution is 2.36. The number of benzene rings is 1. The summed E-state index contributed by atoms with van der Waals surface area (Å²) in [5.41, 5.74) is 0.932. The van der Waals surface area contributed by atoms with Crippen molar-refractivity contribution >= 4 is 5.91 Å². The normalized spacial score (nSPS) is 16.6. The van der Waals surface area contributed by atoms with Crippen molar-refractivity contribution in [2.24, 2.45) is 0 Å². The van der Waals surface area contributed by atoms with Crippen molar-refractivity contribution in [1.82, 2.24) is 9.80 Å². The maximum Gasteiger partial charge on any atom is 0.289 e. The largest absolute Gasteiger partial charge is 0.459 e. The molecular weight excluding hydrogens is 336 g/mol. The molecule has 0 saturated carbocycles. The molecule has 7 nitrogen and oxygen atoms in total. The smallest absolute Gasteiger partial charge is 0.289 e. The van der Waals surface area contributed by atoms with Crippen molar-refractivity contribution in [1.29, 1.82) is 0 Å². The van der Waals surface area contributed by atoms with Crippen LogP contribution in [0.2, 0.25) is 0 Å². The minimum Gasteiger partial charge on any atom is -0.459 e. The quantitative estimate of drug-likeness (QED) is 0.787. The van der Waals surface area contributed by atoms with E-state index >= 15 is 0 Å². The molecule has 0 bridgehead atoms. The van der Waals surface area contributed by atoms with E-state index in [9.17, 15) is 4.79 Å². The summed E-state index contributed by atoms with van der Waals surface area (Å²) in [4.78, 5) is 17.0. The van der Waals surface area contributed by atoms with Crippen LogP contribution in [0.25, 0.3) is 0 Å². The van der Waals surface area contributed by atoms with Crippen molar-refractivity contribution in [3.05, 3.63) is 47.9 Å². The van der Waals surface area contributed by atoms with Crippen molar-refractivity contribution < 1.29 is 23.4 Å². The van der Waals surface area contributed by atoms with Gasteiger partial charge in [-0.15, -0.1) is 0 Å². The van der Waals surface area contributed by atoms with Crippen LogP contribution in [0.4, 0.5) is 0 Å². The summed E-state index contributed by atoms with van der Waals surface area (Å²) in [5.74, 6) is 1.66. The Labute approximate surface area is 152 Å². The molecule has 26 heavy (non-hydrogen) atoms. The van der Waals surface area contributed by atoms with E-state index in [0.717, 1.165) is 49.9 Å². The van der Waals surface area contributed by atoms with Crippen molar-refractivity contribution in [2.45, 2.75) is 6.54 Å². The molecule has 7 heteroatoms. The molecule has 0 N–H and O–H groups in total. The van der Waals surface area contributed by atoms with Crippen LogP contribution in [-0.2, 0) is 11.3 Å². The zero-order valence-electron chi connectivity index (χ0n) is 14.6. The molecule has 1 aromatic heterocycles. The zero-order chi connectivity index (χ0) is 17.8. The minimum absolute atomic E-state index is 0.125. The first-order valence-electron chi connectivity index (χ1n) is 8.81. The first-order chi connectivity index (χ1) is 12.8. The van der Waals surface area contributed by atoms with Gasteiger partial charge in [-0.1, -0.05) is 12.1 Å². The predicted molar refractivity (Wildman–Crippen MR) is 93.3 cm³/mol. The van der Waals surface area contributed by atoms with Crippen LogP contribution < -0.4 is 9.47 Å². The zero-order valence-corrected chi connectivity index (χ0v) is 14.6. The second-order valence-electron chi connectivity index (χ2n) is 6.31. The molecule has 2 aliphatic rings. The van der Waals surface area contributed by atoms with Gasteiger partial charge >= 0.3 is 0 Å². The topological polar surface area (TPSA) is 64.4 Å². The fraction of sp³-hybridized carbons (Fsp3) is 0.421. The number of para-hydroxylation sites is 1. The van der Waals surface area contributed by atoms with Crippen LogP contribution in [0, 0.1) is 0 Å². The number of nitrogens with zero attached hydrogens (tertiary/aromatic N) is 2. The third kappa shape index (κ3) is 3.68. The number of furan rings is 1. The highest BCUT2D eigenvalue weighted by molar-refractivity contribution is 5.91. The third-order valence-electron chi connectivity index (χ3n) is 4.65. The number of carbonyl (C=O) groups is 1. The second kappa shape index (κ2) is 7.80. The average Bonchev–Trinajstić information content (AvgIpc) is 3.37. The summed E-state index contributed by atoms with van der Waals surface area (Å²) >= 11 is 0. The van der Waals surface area contributed by atoms with E-state index in [4.69, 9.17) is 18.6 Å². The summed E-state index contributed by atoms with van der Waals surface area (Å²) in [6, 6.07) is 9.17. The fourth-order valence-electron chi connectivity index (χ4n) is 3.22. The number of rotatable bonds is 6. The van der Waals surface area contributed by atoms with E-state index in [1.807, 2.05) is 18.2 Å².